The Bertz CT molecular complexity index is 73.5. The Morgan fingerprint density at radius 1 is 1.67 bits per heavy atom. The summed E-state index contributed by atoms with van der Waals surface area (Å²) in [6.07, 6.45) is 0.375. The summed E-state index contributed by atoms with van der Waals surface area (Å²) in [6.45, 7) is 1.79. The van der Waals surface area contributed by atoms with Crippen LogP contribution in [0.1, 0.15) is 13.3 Å². The molecule has 0 amide bonds. The molecule has 0 aromatic heterocycles. The van der Waals surface area contributed by atoms with Crippen molar-refractivity contribution in [3.8, 4) is 0 Å². The zero-order valence-electron chi connectivity index (χ0n) is 5.98. The van der Waals surface area contributed by atoms with Crippen LogP contribution in [0, 0.1) is 0 Å². The molecule has 0 radical (unpaired) electrons. The molecule has 0 heterocycles. The average molecular weight is 135 g/mol. The first-order valence-electron chi connectivity index (χ1n) is 2.99. The van der Waals surface area contributed by atoms with Crippen molar-refractivity contribution >= 4 is 0 Å². The lowest BCUT2D eigenvalue weighted by Gasteiger charge is -2.24. The van der Waals surface area contributed by atoms with E-state index in [1.807, 2.05) is 0 Å². The van der Waals surface area contributed by atoms with Crippen LogP contribution in [0.3, 0.4) is 0 Å². The molecule has 0 saturated heterocycles. The summed E-state index contributed by atoms with van der Waals surface area (Å²) in [6, 6.07) is 0. The van der Waals surface area contributed by atoms with E-state index in [4.69, 9.17) is 10.5 Å². The zero-order chi connectivity index (χ0) is 7.33. The van der Waals surface area contributed by atoms with Gasteiger partial charge in [0.1, 0.15) is 0 Å². The largest absolute Gasteiger partial charge is 0.377 e. The van der Waals surface area contributed by atoms with Gasteiger partial charge in [-0.25, -0.2) is 0 Å². The van der Waals surface area contributed by atoms with Crippen LogP contribution in [-0.2, 0) is 4.74 Å². The minimum Gasteiger partial charge on any atom is -0.377 e. The molecule has 0 aliphatic carbocycles. The second-order valence-electron chi connectivity index (χ2n) is 2.30. The summed E-state index contributed by atoms with van der Waals surface area (Å²) < 4.78 is 16.7. The van der Waals surface area contributed by atoms with Gasteiger partial charge in [0.2, 0.25) is 0 Å². The SMILES string of the molecule is COC(C)(CN)CCF. The summed E-state index contributed by atoms with van der Waals surface area (Å²) >= 11 is 0. The first kappa shape index (κ1) is 8.85. The molecule has 0 spiro atoms. The predicted octanol–water partition coefficient (Wildman–Crippen LogP) is 0.710. The van der Waals surface area contributed by atoms with E-state index in [-0.39, 0.29) is 6.67 Å². The van der Waals surface area contributed by atoms with Crippen molar-refractivity contribution in [2.24, 2.45) is 5.73 Å². The smallest absolute Gasteiger partial charge is 0.0922 e. The molecule has 0 aromatic carbocycles. The molecule has 0 bridgehead atoms. The van der Waals surface area contributed by atoms with Crippen LogP contribution in [0.2, 0.25) is 0 Å². The van der Waals surface area contributed by atoms with E-state index in [1.54, 1.807) is 14.0 Å². The van der Waals surface area contributed by atoms with Crippen molar-refractivity contribution < 1.29 is 9.13 Å². The minimum absolute atomic E-state index is 0.368. The molecule has 1 unspecified atom stereocenters. The van der Waals surface area contributed by atoms with Crippen LogP contribution in [0.15, 0.2) is 0 Å². The molecule has 0 aliphatic rings. The van der Waals surface area contributed by atoms with Crippen LogP contribution in [0.25, 0.3) is 0 Å². The number of ether oxygens (including phenoxy) is 1. The van der Waals surface area contributed by atoms with Gasteiger partial charge in [0.25, 0.3) is 0 Å². The van der Waals surface area contributed by atoms with Crippen molar-refractivity contribution in [1.29, 1.82) is 0 Å². The monoisotopic (exact) mass is 135 g/mol. The van der Waals surface area contributed by atoms with Crippen LogP contribution in [0.4, 0.5) is 4.39 Å². The van der Waals surface area contributed by atoms with E-state index >= 15 is 0 Å². The number of nitrogens with two attached hydrogens (primary N) is 1. The molecule has 1 atom stereocenters. The normalized spacial score (nSPS) is 17.3. The predicted molar refractivity (Wildman–Crippen MR) is 35.1 cm³/mol. The highest BCUT2D eigenvalue weighted by molar-refractivity contribution is 4.74. The van der Waals surface area contributed by atoms with Crippen molar-refractivity contribution in [3.05, 3.63) is 0 Å². The Kier molecular flexibility index (Phi) is 3.73. The van der Waals surface area contributed by atoms with E-state index in [1.165, 1.54) is 0 Å². The lowest BCUT2D eigenvalue weighted by Crippen LogP contribution is -2.36. The first-order chi connectivity index (χ1) is 4.18. The third kappa shape index (κ3) is 2.77. The number of alkyl halides is 1. The summed E-state index contributed by atoms with van der Waals surface area (Å²) in [7, 11) is 1.54. The maximum absolute atomic E-state index is 11.7. The van der Waals surface area contributed by atoms with Crippen LogP contribution in [0.5, 0.6) is 0 Å². The van der Waals surface area contributed by atoms with E-state index in [0.717, 1.165) is 0 Å². The molecule has 2 N–H and O–H groups in total. The standard InChI is InChI=1S/C6H14FNO/c1-6(5-8,9-2)3-4-7/h3-5,8H2,1-2H3. The van der Waals surface area contributed by atoms with Gasteiger partial charge in [0, 0.05) is 20.1 Å². The Balaban J connectivity index is 3.62. The zero-order valence-corrected chi connectivity index (χ0v) is 5.98. The molecule has 0 rings (SSSR count). The lowest BCUT2D eigenvalue weighted by atomic mass is 10.0. The maximum atomic E-state index is 11.7. The summed E-state index contributed by atoms with van der Waals surface area (Å²) in [5, 5.41) is 0. The van der Waals surface area contributed by atoms with Crippen LogP contribution in [-0.4, -0.2) is 25.9 Å². The van der Waals surface area contributed by atoms with E-state index in [0.29, 0.717) is 13.0 Å². The number of hydrogen-bond donors (Lipinski definition) is 1. The number of rotatable bonds is 4. The van der Waals surface area contributed by atoms with Crippen molar-refractivity contribution in [2.75, 3.05) is 20.3 Å². The van der Waals surface area contributed by atoms with Crippen LogP contribution < -0.4 is 5.73 Å². The average Bonchev–Trinajstić information content (AvgIpc) is 1.89. The van der Waals surface area contributed by atoms with Gasteiger partial charge >= 0.3 is 0 Å². The summed E-state index contributed by atoms with van der Waals surface area (Å²) in [5.74, 6) is 0. The second kappa shape index (κ2) is 3.80. The molecule has 56 valence electrons. The highest BCUT2D eigenvalue weighted by atomic mass is 19.1. The molecule has 9 heavy (non-hydrogen) atoms. The molecule has 0 aliphatic heterocycles. The van der Waals surface area contributed by atoms with Gasteiger partial charge in [0.05, 0.1) is 12.3 Å². The number of hydrogen-bond acceptors (Lipinski definition) is 2. The molecular weight excluding hydrogens is 121 g/mol. The van der Waals surface area contributed by atoms with E-state index < -0.39 is 5.60 Å². The van der Waals surface area contributed by atoms with Gasteiger partial charge in [-0.1, -0.05) is 0 Å². The fourth-order valence-corrected chi connectivity index (χ4v) is 0.487. The van der Waals surface area contributed by atoms with Gasteiger partial charge in [-0.15, -0.1) is 0 Å². The van der Waals surface area contributed by atoms with E-state index in [9.17, 15) is 4.39 Å². The van der Waals surface area contributed by atoms with Crippen molar-refractivity contribution in [2.45, 2.75) is 18.9 Å². The van der Waals surface area contributed by atoms with Gasteiger partial charge in [-0.3, -0.25) is 4.39 Å². The van der Waals surface area contributed by atoms with Crippen molar-refractivity contribution in [3.63, 3.8) is 0 Å². The molecule has 0 aromatic rings. The van der Waals surface area contributed by atoms with Gasteiger partial charge in [-0.05, 0) is 6.92 Å². The Morgan fingerprint density at radius 3 is 2.33 bits per heavy atom. The Morgan fingerprint density at radius 2 is 2.22 bits per heavy atom. The van der Waals surface area contributed by atoms with Gasteiger partial charge < -0.3 is 10.5 Å². The fourth-order valence-electron chi connectivity index (χ4n) is 0.487. The van der Waals surface area contributed by atoms with Gasteiger partial charge in [0.15, 0.2) is 0 Å². The van der Waals surface area contributed by atoms with Crippen LogP contribution >= 0.6 is 0 Å². The van der Waals surface area contributed by atoms with Crippen molar-refractivity contribution in [1.82, 2.24) is 0 Å². The highest BCUT2D eigenvalue weighted by Crippen LogP contribution is 2.11. The highest BCUT2D eigenvalue weighted by Gasteiger charge is 2.20. The number of methoxy groups -OCH3 is 1. The molecule has 0 fully saturated rings. The minimum atomic E-state index is -0.464. The van der Waals surface area contributed by atoms with Gasteiger partial charge in [-0.2, -0.15) is 0 Å². The Hall–Kier alpha value is -0.150. The van der Waals surface area contributed by atoms with E-state index in [2.05, 4.69) is 0 Å². The summed E-state index contributed by atoms with van der Waals surface area (Å²) in [4.78, 5) is 0. The Labute approximate surface area is 55.2 Å². The number of halogens is 1. The lowest BCUT2D eigenvalue weighted by molar-refractivity contribution is 0.00207. The summed E-state index contributed by atoms with van der Waals surface area (Å²) in [5.41, 5.74) is 4.85. The third-order valence-corrected chi connectivity index (χ3v) is 1.55. The third-order valence-electron chi connectivity index (χ3n) is 1.55. The molecular formula is C6H14FNO. The topological polar surface area (TPSA) is 35.2 Å². The molecule has 2 nitrogen and oxygen atoms in total. The quantitative estimate of drug-likeness (QED) is 0.616. The first-order valence-corrected chi connectivity index (χ1v) is 2.99. The molecule has 3 heteroatoms. The maximum Gasteiger partial charge on any atom is 0.0922 e. The second-order valence-corrected chi connectivity index (χ2v) is 2.30. The fraction of sp³-hybridized carbons (Fsp3) is 1.00. The molecule has 0 saturated carbocycles.